The number of rotatable bonds is 1. The summed E-state index contributed by atoms with van der Waals surface area (Å²) in [6.07, 6.45) is -0.560. The summed E-state index contributed by atoms with van der Waals surface area (Å²) in [6.45, 7) is 3.39. The van der Waals surface area contributed by atoms with Crippen molar-refractivity contribution in [1.29, 1.82) is 0 Å². The second-order valence-electron chi connectivity index (χ2n) is 1.64. The third-order valence-corrected chi connectivity index (χ3v) is 0.468. The number of aliphatic hydroxyl groups is 2. The van der Waals surface area contributed by atoms with Crippen LogP contribution >= 0.6 is 0 Å². The molecule has 0 aliphatic carbocycles. The summed E-state index contributed by atoms with van der Waals surface area (Å²) in [5, 5.41) is 16.0. The molecule has 0 aromatic carbocycles. The van der Waals surface area contributed by atoms with E-state index in [-0.39, 0.29) is 6.61 Å². The lowest BCUT2D eigenvalue weighted by Gasteiger charge is -1.90. The first-order valence-electron chi connectivity index (χ1n) is 2.64. The average Bonchev–Trinajstić information content (AvgIpc) is 2.48. The van der Waals surface area contributed by atoms with Crippen LogP contribution in [0, 0.1) is 0 Å². The molecule has 1 aliphatic heterocycles. The Hall–Kier alpha value is -0.120. The van der Waals surface area contributed by atoms with Crippen molar-refractivity contribution in [3.8, 4) is 0 Å². The van der Waals surface area contributed by atoms with Crippen molar-refractivity contribution in [3.05, 3.63) is 0 Å². The maximum Gasteiger partial charge on any atom is 0.0742 e. The van der Waals surface area contributed by atoms with Gasteiger partial charge in [-0.25, -0.2) is 0 Å². The second-order valence-corrected chi connectivity index (χ2v) is 1.64. The van der Waals surface area contributed by atoms with Crippen LogP contribution in [0.15, 0.2) is 0 Å². The molecule has 0 radical (unpaired) electrons. The molecule has 8 heavy (non-hydrogen) atoms. The fourth-order valence-electron chi connectivity index (χ4n) is 0. The van der Waals surface area contributed by atoms with Crippen molar-refractivity contribution >= 4 is 0 Å². The molecule has 1 fully saturated rings. The number of ether oxygens (including phenoxy) is 1. The zero-order valence-electron chi connectivity index (χ0n) is 5.00. The van der Waals surface area contributed by atoms with Crippen LogP contribution in [0.3, 0.4) is 0 Å². The van der Waals surface area contributed by atoms with Crippen molar-refractivity contribution < 1.29 is 14.9 Å². The van der Waals surface area contributed by atoms with Crippen LogP contribution in [-0.2, 0) is 4.74 Å². The van der Waals surface area contributed by atoms with E-state index < -0.39 is 6.10 Å². The van der Waals surface area contributed by atoms with E-state index in [1.54, 1.807) is 0 Å². The second kappa shape index (κ2) is 5.03. The minimum atomic E-state index is -0.560. The predicted molar refractivity (Wildman–Crippen MR) is 29.6 cm³/mol. The van der Waals surface area contributed by atoms with Crippen LogP contribution in [0.2, 0.25) is 0 Å². The van der Waals surface area contributed by atoms with Gasteiger partial charge >= 0.3 is 0 Å². The lowest BCUT2D eigenvalue weighted by molar-refractivity contribution is 0.110. The van der Waals surface area contributed by atoms with Crippen molar-refractivity contribution in [2.45, 2.75) is 13.0 Å². The molecule has 0 aromatic rings. The Labute approximate surface area is 48.9 Å². The summed E-state index contributed by atoms with van der Waals surface area (Å²) in [7, 11) is 0. The molecule has 1 unspecified atom stereocenters. The van der Waals surface area contributed by atoms with Crippen molar-refractivity contribution in [1.82, 2.24) is 0 Å². The predicted octanol–water partition coefficient (Wildman–Crippen LogP) is -0.624. The van der Waals surface area contributed by atoms with Gasteiger partial charge in [0.1, 0.15) is 0 Å². The summed E-state index contributed by atoms with van der Waals surface area (Å²) in [4.78, 5) is 0. The first kappa shape index (κ1) is 7.88. The van der Waals surface area contributed by atoms with E-state index >= 15 is 0 Å². The summed E-state index contributed by atoms with van der Waals surface area (Å²) in [5.74, 6) is 0. The van der Waals surface area contributed by atoms with E-state index in [1.165, 1.54) is 6.92 Å². The van der Waals surface area contributed by atoms with Gasteiger partial charge in [0.25, 0.3) is 0 Å². The molecule has 1 atom stereocenters. The topological polar surface area (TPSA) is 53.0 Å². The fraction of sp³-hybridized carbons (Fsp3) is 1.00. The van der Waals surface area contributed by atoms with Crippen LogP contribution < -0.4 is 0 Å². The van der Waals surface area contributed by atoms with Gasteiger partial charge in [-0.05, 0) is 6.92 Å². The first-order valence-corrected chi connectivity index (χ1v) is 2.64. The summed E-state index contributed by atoms with van der Waals surface area (Å²) >= 11 is 0. The van der Waals surface area contributed by atoms with Crippen LogP contribution in [-0.4, -0.2) is 36.1 Å². The number of epoxide rings is 1. The highest BCUT2D eigenvalue weighted by Gasteiger charge is 1.94. The van der Waals surface area contributed by atoms with Gasteiger partial charge in [0, 0.05) is 0 Å². The zero-order valence-corrected chi connectivity index (χ0v) is 5.00. The zero-order chi connectivity index (χ0) is 6.41. The molecule has 50 valence electrons. The third-order valence-electron chi connectivity index (χ3n) is 0.468. The maximum absolute atomic E-state index is 8.11. The smallest absolute Gasteiger partial charge is 0.0742 e. The van der Waals surface area contributed by atoms with Gasteiger partial charge in [-0.3, -0.25) is 0 Å². The normalized spacial score (nSPS) is 18.4. The number of hydrogen-bond acceptors (Lipinski definition) is 3. The Morgan fingerprint density at radius 2 is 1.88 bits per heavy atom. The highest BCUT2D eigenvalue weighted by molar-refractivity contribution is 4.36. The molecule has 2 N–H and O–H groups in total. The number of aliphatic hydroxyl groups excluding tert-OH is 2. The Morgan fingerprint density at radius 3 is 1.88 bits per heavy atom. The van der Waals surface area contributed by atoms with Crippen LogP contribution in [0.25, 0.3) is 0 Å². The van der Waals surface area contributed by atoms with Gasteiger partial charge in [-0.15, -0.1) is 0 Å². The van der Waals surface area contributed by atoms with E-state index in [4.69, 9.17) is 10.2 Å². The number of hydrogen-bond donors (Lipinski definition) is 2. The van der Waals surface area contributed by atoms with Gasteiger partial charge in [0.2, 0.25) is 0 Å². The third kappa shape index (κ3) is 16.9. The van der Waals surface area contributed by atoms with Crippen LogP contribution in [0.5, 0.6) is 0 Å². The Kier molecular flexibility index (Phi) is 4.95. The summed E-state index contributed by atoms with van der Waals surface area (Å²) in [6, 6.07) is 0. The molecule has 3 nitrogen and oxygen atoms in total. The minimum Gasteiger partial charge on any atom is -0.394 e. The highest BCUT2D eigenvalue weighted by atomic mass is 16.6. The van der Waals surface area contributed by atoms with Gasteiger partial charge in [0.15, 0.2) is 0 Å². The molecule has 1 saturated heterocycles. The molecule has 0 aromatic heterocycles. The maximum atomic E-state index is 8.11. The molecule has 1 aliphatic rings. The van der Waals surface area contributed by atoms with Crippen molar-refractivity contribution in [3.63, 3.8) is 0 Å². The molecular formula is C5H12O3. The van der Waals surface area contributed by atoms with E-state index in [0.29, 0.717) is 0 Å². The molecule has 1 rings (SSSR count). The molecule has 0 spiro atoms. The Bertz CT molecular complexity index is 40.2. The minimum absolute atomic E-state index is 0.139. The first-order chi connectivity index (χ1) is 3.77. The highest BCUT2D eigenvalue weighted by Crippen LogP contribution is 1.84. The lowest BCUT2D eigenvalue weighted by Crippen LogP contribution is -2.03. The summed E-state index contributed by atoms with van der Waals surface area (Å²) < 4.78 is 4.50. The molecule has 0 bridgehead atoms. The van der Waals surface area contributed by atoms with Crippen LogP contribution in [0.4, 0.5) is 0 Å². The van der Waals surface area contributed by atoms with Crippen molar-refractivity contribution in [2.24, 2.45) is 0 Å². The Balaban J connectivity index is 0.000000135. The molecule has 0 saturated carbocycles. The van der Waals surface area contributed by atoms with E-state index in [9.17, 15) is 0 Å². The summed E-state index contributed by atoms with van der Waals surface area (Å²) in [5.41, 5.74) is 0. The van der Waals surface area contributed by atoms with Crippen LogP contribution in [0.1, 0.15) is 6.92 Å². The quantitative estimate of drug-likeness (QED) is 0.453. The lowest BCUT2D eigenvalue weighted by atomic mass is 10.5. The van der Waals surface area contributed by atoms with Crippen molar-refractivity contribution in [2.75, 3.05) is 19.8 Å². The van der Waals surface area contributed by atoms with E-state index in [1.807, 2.05) is 0 Å². The van der Waals surface area contributed by atoms with E-state index in [2.05, 4.69) is 4.74 Å². The van der Waals surface area contributed by atoms with Gasteiger partial charge in [0.05, 0.1) is 25.9 Å². The average molecular weight is 120 g/mol. The SMILES string of the molecule is C1CO1.CC(O)CO. The van der Waals surface area contributed by atoms with Gasteiger partial charge < -0.3 is 14.9 Å². The molecule has 3 heteroatoms. The Morgan fingerprint density at radius 1 is 1.62 bits per heavy atom. The molecule has 1 heterocycles. The fourth-order valence-corrected chi connectivity index (χ4v) is 0. The standard InChI is InChI=1S/C3H8O2.C2H4O/c1-3(5)2-4;1-2-3-1/h3-5H,2H2,1H3;1-2H2. The monoisotopic (exact) mass is 120 g/mol. The van der Waals surface area contributed by atoms with E-state index in [0.717, 1.165) is 13.2 Å². The van der Waals surface area contributed by atoms with Gasteiger partial charge in [-0.1, -0.05) is 0 Å². The molecular weight excluding hydrogens is 108 g/mol. The molecule has 0 amide bonds. The largest absolute Gasteiger partial charge is 0.394 e. The van der Waals surface area contributed by atoms with Gasteiger partial charge in [-0.2, -0.15) is 0 Å².